The highest BCUT2D eigenvalue weighted by atomic mass is 16.5. The average molecular weight is 177 g/mol. The summed E-state index contributed by atoms with van der Waals surface area (Å²) in [6, 6.07) is 5.70. The van der Waals surface area contributed by atoms with Gasteiger partial charge in [-0.05, 0) is 12.1 Å². The standard InChI is InChI=1S/C9H11N3O/c10-9-6-13-5-8(12-9)7-3-1-2-4-11-7/h1-4,8H,5-6H2,(H2,10,12)/t8-/m1/s1. The van der Waals surface area contributed by atoms with Gasteiger partial charge in [0.25, 0.3) is 0 Å². The molecule has 2 heterocycles. The van der Waals surface area contributed by atoms with Crippen LogP contribution in [0.4, 0.5) is 0 Å². The molecular formula is C9H11N3O. The number of nitrogens with two attached hydrogens (primary N) is 1. The summed E-state index contributed by atoms with van der Waals surface area (Å²) in [6.45, 7) is 1.00. The van der Waals surface area contributed by atoms with Crippen molar-refractivity contribution in [1.82, 2.24) is 4.98 Å². The third-order valence-corrected chi connectivity index (χ3v) is 1.88. The molecule has 1 aliphatic heterocycles. The highest BCUT2D eigenvalue weighted by Crippen LogP contribution is 2.17. The maximum atomic E-state index is 5.56. The number of pyridine rings is 1. The number of aliphatic imine (C=N–C) groups is 1. The molecule has 4 heteroatoms. The second kappa shape index (κ2) is 3.53. The zero-order valence-electron chi connectivity index (χ0n) is 7.18. The lowest BCUT2D eigenvalue weighted by molar-refractivity contribution is 0.142. The van der Waals surface area contributed by atoms with Crippen LogP contribution in [0.25, 0.3) is 0 Å². The lowest BCUT2D eigenvalue weighted by atomic mass is 10.2. The average Bonchev–Trinajstić information content (AvgIpc) is 2.19. The van der Waals surface area contributed by atoms with Gasteiger partial charge in [0.1, 0.15) is 18.5 Å². The van der Waals surface area contributed by atoms with Crippen LogP contribution in [0.5, 0.6) is 0 Å². The van der Waals surface area contributed by atoms with E-state index in [9.17, 15) is 0 Å². The Balaban J connectivity index is 2.22. The predicted molar refractivity (Wildman–Crippen MR) is 49.4 cm³/mol. The van der Waals surface area contributed by atoms with Crippen molar-refractivity contribution in [3.05, 3.63) is 30.1 Å². The van der Waals surface area contributed by atoms with E-state index in [0.717, 1.165) is 5.69 Å². The van der Waals surface area contributed by atoms with Crippen LogP contribution in [0, 0.1) is 0 Å². The summed E-state index contributed by atoms with van der Waals surface area (Å²) in [5.74, 6) is 0.543. The molecule has 0 spiro atoms. The second-order valence-electron chi connectivity index (χ2n) is 2.91. The second-order valence-corrected chi connectivity index (χ2v) is 2.91. The van der Waals surface area contributed by atoms with Crippen LogP contribution in [-0.2, 0) is 4.74 Å². The first-order valence-electron chi connectivity index (χ1n) is 4.17. The summed E-state index contributed by atoms with van der Waals surface area (Å²) in [7, 11) is 0. The van der Waals surface area contributed by atoms with Crippen LogP contribution in [-0.4, -0.2) is 24.0 Å². The minimum atomic E-state index is -0.0325. The van der Waals surface area contributed by atoms with E-state index < -0.39 is 0 Å². The van der Waals surface area contributed by atoms with Crippen LogP contribution < -0.4 is 5.73 Å². The molecule has 2 rings (SSSR count). The van der Waals surface area contributed by atoms with Gasteiger partial charge in [-0.25, -0.2) is 0 Å². The Kier molecular flexibility index (Phi) is 2.23. The fraction of sp³-hybridized carbons (Fsp3) is 0.333. The molecule has 0 saturated carbocycles. The molecule has 0 radical (unpaired) electrons. The van der Waals surface area contributed by atoms with E-state index in [1.807, 2.05) is 18.2 Å². The molecule has 0 saturated heterocycles. The van der Waals surface area contributed by atoms with Crippen molar-refractivity contribution >= 4 is 5.84 Å². The number of amidine groups is 1. The molecule has 0 bridgehead atoms. The van der Waals surface area contributed by atoms with Gasteiger partial charge in [-0.15, -0.1) is 0 Å². The van der Waals surface area contributed by atoms with Gasteiger partial charge >= 0.3 is 0 Å². The quantitative estimate of drug-likeness (QED) is 0.679. The van der Waals surface area contributed by atoms with Crippen LogP contribution in [0.1, 0.15) is 11.7 Å². The third-order valence-electron chi connectivity index (χ3n) is 1.88. The highest BCUT2D eigenvalue weighted by molar-refractivity contribution is 5.82. The van der Waals surface area contributed by atoms with Crippen molar-refractivity contribution in [1.29, 1.82) is 0 Å². The summed E-state index contributed by atoms with van der Waals surface area (Å²) in [5, 5.41) is 0. The lowest BCUT2D eigenvalue weighted by Crippen LogP contribution is -2.27. The molecule has 0 fully saturated rings. The van der Waals surface area contributed by atoms with Gasteiger partial charge in [0.2, 0.25) is 0 Å². The van der Waals surface area contributed by atoms with Gasteiger partial charge in [0.05, 0.1) is 12.3 Å². The predicted octanol–water partition coefficient (Wildman–Crippen LogP) is 0.510. The Hall–Kier alpha value is -1.42. The number of hydrogen-bond acceptors (Lipinski definition) is 4. The van der Waals surface area contributed by atoms with E-state index in [1.165, 1.54) is 0 Å². The van der Waals surface area contributed by atoms with Crippen LogP contribution >= 0.6 is 0 Å². The van der Waals surface area contributed by atoms with E-state index in [0.29, 0.717) is 19.0 Å². The first kappa shape index (κ1) is 8.19. The molecule has 1 aromatic rings. The van der Waals surface area contributed by atoms with Gasteiger partial charge < -0.3 is 10.5 Å². The van der Waals surface area contributed by atoms with Gasteiger partial charge in [0, 0.05) is 6.20 Å². The van der Waals surface area contributed by atoms with Gasteiger partial charge in [-0.1, -0.05) is 6.07 Å². The molecule has 2 N–H and O–H groups in total. The Morgan fingerprint density at radius 2 is 2.38 bits per heavy atom. The largest absolute Gasteiger partial charge is 0.386 e. The topological polar surface area (TPSA) is 60.5 Å². The van der Waals surface area contributed by atoms with Crippen molar-refractivity contribution in [2.45, 2.75) is 6.04 Å². The first-order chi connectivity index (χ1) is 6.36. The molecule has 0 aliphatic carbocycles. The van der Waals surface area contributed by atoms with Gasteiger partial charge in [-0.2, -0.15) is 0 Å². The van der Waals surface area contributed by atoms with Crippen molar-refractivity contribution in [2.24, 2.45) is 10.7 Å². The molecule has 0 amide bonds. The Labute approximate surface area is 76.5 Å². The number of ether oxygens (including phenoxy) is 1. The fourth-order valence-corrected chi connectivity index (χ4v) is 1.27. The molecule has 0 unspecified atom stereocenters. The zero-order chi connectivity index (χ0) is 9.10. The minimum Gasteiger partial charge on any atom is -0.386 e. The lowest BCUT2D eigenvalue weighted by Gasteiger charge is -2.18. The minimum absolute atomic E-state index is 0.0325. The SMILES string of the molecule is NC1=N[C@@H](c2ccccn2)COC1. The van der Waals surface area contributed by atoms with E-state index in [2.05, 4.69) is 9.98 Å². The molecule has 4 nitrogen and oxygen atoms in total. The maximum Gasteiger partial charge on any atom is 0.121 e. The number of hydrogen-bond donors (Lipinski definition) is 1. The summed E-state index contributed by atoms with van der Waals surface area (Å²) in [6.07, 6.45) is 1.75. The van der Waals surface area contributed by atoms with Crippen molar-refractivity contribution < 1.29 is 4.74 Å². The fourth-order valence-electron chi connectivity index (χ4n) is 1.27. The molecule has 13 heavy (non-hydrogen) atoms. The Morgan fingerprint density at radius 3 is 3.08 bits per heavy atom. The zero-order valence-corrected chi connectivity index (χ0v) is 7.18. The Bertz CT molecular complexity index is 310. The van der Waals surface area contributed by atoms with E-state index in [-0.39, 0.29) is 6.04 Å². The van der Waals surface area contributed by atoms with Crippen molar-refractivity contribution in [3.63, 3.8) is 0 Å². The van der Waals surface area contributed by atoms with Crippen LogP contribution in [0.3, 0.4) is 0 Å². The molecule has 1 atom stereocenters. The monoisotopic (exact) mass is 177 g/mol. The summed E-state index contributed by atoms with van der Waals surface area (Å²) < 4.78 is 5.25. The third kappa shape index (κ3) is 1.84. The van der Waals surface area contributed by atoms with Crippen molar-refractivity contribution in [2.75, 3.05) is 13.2 Å². The van der Waals surface area contributed by atoms with Gasteiger partial charge in [-0.3, -0.25) is 9.98 Å². The number of aromatic nitrogens is 1. The van der Waals surface area contributed by atoms with Crippen molar-refractivity contribution in [3.8, 4) is 0 Å². The van der Waals surface area contributed by atoms with E-state index >= 15 is 0 Å². The Morgan fingerprint density at radius 1 is 1.46 bits per heavy atom. The molecule has 0 aromatic carbocycles. The summed E-state index contributed by atoms with van der Waals surface area (Å²) in [5.41, 5.74) is 6.47. The van der Waals surface area contributed by atoms with Crippen LogP contribution in [0.15, 0.2) is 29.4 Å². The first-order valence-corrected chi connectivity index (χ1v) is 4.17. The molecular weight excluding hydrogens is 166 g/mol. The summed E-state index contributed by atoms with van der Waals surface area (Å²) in [4.78, 5) is 8.45. The van der Waals surface area contributed by atoms with E-state index in [4.69, 9.17) is 10.5 Å². The normalized spacial score (nSPS) is 22.5. The molecule has 1 aromatic heterocycles. The summed E-state index contributed by atoms with van der Waals surface area (Å²) >= 11 is 0. The molecule has 68 valence electrons. The van der Waals surface area contributed by atoms with Gasteiger partial charge in [0.15, 0.2) is 0 Å². The van der Waals surface area contributed by atoms with E-state index in [1.54, 1.807) is 6.20 Å². The maximum absolute atomic E-state index is 5.56. The number of rotatable bonds is 1. The molecule has 1 aliphatic rings. The smallest absolute Gasteiger partial charge is 0.121 e. The number of nitrogens with zero attached hydrogens (tertiary/aromatic N) is 2. The highest BCUT2D eigenvalue weighted by Gasteiger charge is 2.16. The van der Waals surface area contributed by atoms with Crippen LogP contribution in [0.2, 0.25) is 0 Å².